The SMILES string of the molecule is CCCCCCCCCN(CCCCCCCCC)CCN(CCCCCCCCC)CCC1(C(=O)O)CCC(CCN(CCCCCCCCC)CCCCCCCCC)(C(=O)O)CC1. The van der Waals surface area contributed by atoms with E-state index in [0.29, 0.717) is 38.5 Å². The Balaban J connectivity index is 3.01. The van der Waals surface area contributed by atoms with Gasteiger partial charge in [-0.3, -0.25) is 9.59 Å². The molecule has 0 aromatic heterocycles. The number of hydrogen-bond donors (Lipinski definition) is 2. The molecule has 0 bridgehead atoms. The molecule has 392 valence electrons. The van der Waals surface area contributed by atoms with E-state index in [2.05, 4.69) is 49.3 Å². The van der Waals surface area contributed by atoms with Crippen molar-refractivity contribution in [3.63, 3.8) is 0 Å². The van der Waals surface area contributed by atoms with Gasteiger partial charge in [-0.1, -0.05) is 227 Å². The van der Waals surface area contributed by atoms with Gasteiger partial charge in [0, 0.05) is 13.1 Å². The molecule has 2 N–H and O–H groups in total. The Morgan fingerprint density at radius 2 is 0.470 bits per heavy atom. The lowest BCUT2D eigenvalue weighted by atomic mass is 9.61. The summed E-state index contributed by atoms with van der Waals surface area (Å²) in [6.45, 7) is 20.6. The summed E-state index contributed by atoms with van der Waals surface area (Å²) in [5.74, 6) is -1.40. The van der Waals surface area contributed by atoms with Crippen molar-refractivity contribution in [2.75, 3.05) is 58.9 Å². The maximum atomic E-state index is 13.3. The summed E-state index contributed by atoms with van der Waals surface area (Å²) in [7, 11) is 0. The summed E-state index contributed by atoms with van der Waals surface area (Å²) in [4.78, 5) is 34.5. The van der Waals surface area contributed by atoms with Gasteiger partial charge in [-0.05, 0) is 116 Å². The van der Waals surface area contributed by atoms with Crippen LogP contribution in [0.5, 0.6) is 0 Å². The predicted molar refractivity (Wildman–Crippen MR) is 287 cm³/mol. The summed E-state index contributed by atoms with van der Waals surface area (Å²) in [5, 5.41) is 21.8. The lowest BCUT2D eigenvalue weighted by Crippen LogP contribution is -2.46. The van der Waals surface area contributed by atoms with Crippen molar-refractivity contribution >= 4 is 11.9 Å². The third-order valence-corrected chi connectivity index (χ3v) is 16.0. The Hall–Kier alpha value is -1.18. The van der Waals surface area contributed by atoms with Gasteiger partial charge in [-0.2, -0.15) is 0 Å². The van der Waals surface area contributed by atoms with Crippen LogP contribution in [0.25, 0.3) is 0 Å². The molecule has 0 heterocycles. The number of carboxylic acid groups (broad SMARTS) is 2. The van der Waals surface area contributed by atoms with Crippen LogP contribution in [0.1, 0.15) is 298 Å². The minimum absolute atomic E-state index is 0.484. The summed E-state index contributed by atoms with van der Waals surface area (Å²) in [5.41, 5.74) is -1.65. The highest BCUT2D eigenvalue weighted by molar-refractivity contribution is 5.78. The fourth-order valence-corrected chi connectivity index (χ4v) is 10.8. The predicted octanol–water partition coefficient (Wildman–Crippen LogP) is 17.1. The number of aliphatic carboxylic acids is 2. The Morgan fingerprint density at radius 1 is 0.288 bits per heavy atom. The second kappa shape index (κ2) is 43.8. The number of hydrogen-bond acceptors (Lipinski definition) is 5. The van der Waals surface area contributed by atoms with Crippen molar-refractivity contribution in [3.05, 3.63) is 0 Å². The molecular weight excluding hydrogens is 815 g/mol. The number of rotatable bonds is 51. The molecule has 0 unspecified atom stereocenters. The quantitative estimate of drug-likeness (QED) is 0.0588. The zero-order chi connectivity index (χ0) is 48.2. The highest BCUT2D eigenvalue weighted by Gasteiger charge is 2.50. The number of carboxylic acids is 2. The molecule has 0 aromatic carbocycles. The zero-order valence-corrected chi connectivity index (χ0v) is 45.4. The first kappa shape index (κ1) is 62.8. The van der Waals surface area contributed by atoms with Crippen LogP contribution in [0.3, 0.4) is 0 Å². The summed E-state index contributed by atoms with van der Waals surface area (Å²) in [6, 6.07) is 0. The van der Waals surface area contributed by atoms with Gasteiger partial charge in [0.2, 0.25) is 0 Å². The first-order chi connectivity index (χ1) is 32.2. The smallest absolute Gasteiger partial charge is 0.309 e. The van der Waals surface area contributed by atoms with E-state index in [4.69, 9.17) is 0 Å². The fourth-order valence-electron chi connectivity index (χ4n) is 10.8. The van der Waals surface area contributed by atoms with Crippen LogP contribution in [-0.4, -0.2) is 95.8 Å². The molecule has 0 saturated heterocycles. The Kier molecular flexibility index (Phi) is 41.7. The highest BCUT2D eigenvalue weighted by atomic mass is 16.4. The number of nitrogens with zero attached hydrogens (tertiary/aromatic N) is 3. The highest BCUT2D eigenvalue weighted by Crippen LogP contribution is 2.49. The molecule has 0 radical (unpaired) electrons. The van der Waals surface area contributed by atoms with Crippen molar-refractivity contribution in [2.24, 2.45) is 10.8 Å². The van der Waals surface area contributed by atoms with E-state index in [1.54, 1.807) is 0 Å². The molecule has 0 amide bonds. The van der Waals surface area contributed by atoms with Crippen molar-refractivity contribution in [3.8, 4) is 0 Å². The van der Waals surface area contributed by atoms with Crippen molar-refractivity contribution in [2.45, 2.75) is 298 Å². The van der Waals surface area contributed by atoms with Crippen LogP contribution in [0.15, 0.2) is 0 Å². The van der Waals surface area contributed by atoms with Gasteiger partial charge < -0.3 is 24.9 Å². The van der Waals surface area contributed by atoms with E-state index in [1.807, 2.05) is 0 Å². The molecule has 7 nitrogen and oxygen atoms in total. The first-order valence-electron chi connectivity index (χ1n) is 29.9. The molecule has 1 fully saturated rings. The summed E-state index contributed by atoms with van der Waals surface area (Å²) >= 11 is 0. The van der Waals surface area contributed by atoms with Gasteiger partial charge in [-0.25, -0.2) is 0 Å². The molecule has 7 heteroatoms. The minimum Gasteiger partial charge on any atom is -0.481 e. The molecule has 0 spiro atoms. The third kappa shape index (κ3) is 31.9. The van der Waals surface area contributed by atoms with Crippen LogP contribution < -0.4 is 0 Å². The van der Waals surface area contributed by atoms with Gasteiger partial charge in [0.05, 0.1) is 10.8 Å². The Morgan fingerprint density at radius 3 is 0.682 bits per heavy atom. The molecule has 1 rings (SSSR count). The van der Waals surface area contributed by atoms with Crippen molar-refractivity contribution < 1.29 is 19.8 Å². The molecule has 1 aliphatic rings. The summed E-state index contributed by atoms with van der Waals surface area (Å²) < 4.78 is 0. The molecule has 0 aromatic rings. The number of unbranched alkanes of at least 4 members (excludes halogenated alkanes) is 30. The lowest BCUT2D eigenvalue weighted by Gasteiger charge is -2.43. The van der Waals surface area contributed by atoms with Gasteiger partial charge in [0.1, 0.15) is 0 Å². The molecule has 0 atom stereocenters. The lowest BCUT2D eigenvalue weighted by molar-refractivity contribution is -0.162. The van der Waals surface area contributed by atoms with E-state index in [1.165, 1.54) is 238 Å². The van der Waals surface area contributed by atoms with Gasteiger partial charge in [-0.15, -0.1) is 0 Å². The van der Waals surface area contributed by atoms with E-state index in [0.717, 1.165) is 45.8 Å². The van der Waals surface area contributed by atoms with Gasteiger partial charge in [0.25, 0.3) is 0 Å². The summed E-state index contributed by atoms with van der Waals surface area (Å²) in [6.07, 6.45) is 49.0. The third-order valence-electron chi connectivity index (χ3n) is 16.0. The van der Waals surface area contributed by atoms with Crippen molar-refractivity contribution in [1.82, 2.24) is 14.7 Å². The zero-order valence-electron chi connectivity index (χ0n) is 45.4. The Bertz CT molecular complexity index is 1040. The molecule has 66 heavy (non-hydrogen) atoms. The molecular formula is C59H117N3O4. The van der Waals surface area contributed by atoms with Crippen LogP contribution in [0, 0.1) is 10.8 Å². The average Bonchev–Trinajstić information content (AvgIpc) is 3.31. The molecule has 1 aliphatic carbocycles. The fraction of sp³-hybridized carbons (Fsp3) is 0.966. The van der Waals surface area contributed by atoms with E-state index < -0.39 is 22.8 Å². The second-order valence-electron chi connectivity index (χ2n) is 21.8. The van der Waals surface area contributed by atoms with Gasteiger partial charge >= 0.3 is 11.9 Å². The average molecular weight is 933 g/mol. The van der Waals surface area contributed by atoms with Crippen LogP contribution in [0.2, 0.25) is 0 Å². The molecule has 0 aliphatic heterocycles. The monoisotopic (exact) mass is 932 g/mol. The largest absolute Gasteiger partial charge is 0.481 e. The van der Waals surface area contributed by atoms with Crippen LogP contribution in [0.4, 0.5) is 0 Å². The van der Waals surface area contributed by atoms with Crippen LogP contribution >= 0.6 is 0 Å². The normalized spacial score (nSPS) is 17.8. The standard InChI is InChI=1S/C59H117N3O4/c1-6-11-16-21-26-31-36-47-60(48-37-32-27-22-17-12-7-2)52-45-58(56(63)64)41-43-59(44-42-58,57(65)66)46-53-62(51-40-35-30-25-20-15-10-5)55-54-61(49-38-33-28-23-18-13-8-3)50-39-34-29-24-19-14-9-4/h6-55H2,1-5H3,(H,63,64)(H,65,66). The van der Waals surface area contributed by atoms with Crippen LogP contribution in [-0.2, 0) is 9.59 Å². The first-order valence-corrected chi connectivity index (χ1v) is 29.9. The van der Waals surface area contributed by atoms with E-state index in [9.17, 15) is 19.8 Å². The molecule has 1 saturated carbocycles. The maximum Gasteiger partial charge on any atom is 0.309 e. The van der Waals surface area contributed by atoms with Crippen molar-refractivity contribution in [1.29, 1.82) is 0 Å². The second-order valence-corrected chi connectivity index (χ2v) is 21.8. The Labute approximate surface area is 412 Å². The van der Waals surface area contributed by atoms with E-state index >= 15 is 0 Å². The minimum atomic E-state index is -0.832. The number of carbonyl (C=O) groups is 2. The maximum absolute atomic E-state index is 13.3. The topological polar surface area (TPSA) is 84.3 Å². The van der Waals surface area contributed by atoms with Gasteiger partial charge in [0.15, 0.2) is 0 Å². The van der Waals surface area contributed by atoms with E-state index in [-0.39, 0.29) is 0 Å².